The number of benzene rings is 5. The lowest BCUT2D eigenvalue weighted by Gasteiger charge is -2.29. The summed E-state index contributed by atoms with van der Waals surface area (Å²) in [7, 11) is 3.39. The van der Waals surface area contributed by atoms with Crippen molar-refractivity contribution in [3.63, 3.8) is 0 Å². The van der Waals surface area contributed by atoms with Crippen molar-refractivity contribution in [2.45, 2.75) is 0 Å². The largest absolute Gasteiger partial charge is 0.497 e. The Morgan fingerprint density at radius 3 is 1.08 bits per heavy atom. The molecule has 178 valence electrons. The van der Waals surface area contributed by atoms with E-state index in [1.54, 1.807) is 14.2 Å². The summed E-state index contributed by atoms with van der Waals surface area (Å²) in [6.45, 7) is 0. The second-order valence-corrected chi connectivity index (χ2v) is 8.26. The Morgan fingerprint density at radius 2 is 0.694 bits per heavy atom. The molecule has 5 aromatic rings. The molecular formula is C32H28N2O2. The molecule has 0 atom stereocenters. The summed E-state index contributed by atoms with van der Waals surface area (Å²) in [5.41, 5.74) is 6.24. The molecule has 0 saturated carbocycles. The first kappa shape index (κ1) is 23.1. The quantitative estimate of drug-likeness (QED) is 0.226. The Kier molecular flexibility index (Phi) is 6.86. The van der Waals surface area contributed by atoms with Crippen LogP contribution in [-0.2, 0) is 0 Å². The highest BCUT2D eigenvalue weighted by Gasteiger charge is 2.17. The van der Waals surface area contributed by atoms with E-state index >= 15 is 0 Å². The van der Waals surface area contributed by atoms with Crippen molar-refractivity contribution in [2.75, 3.05) is 24.0 Å². The summed E-state index contributed by atoms with van der Waals surface area (Å²) in [6, 6.07) is 45.5. The van der Waals surface area contributed by atoms with Gasteiger partial charge >= 0.3 is 0 Å². The summed E-state index contributed by atoms with van der Waals surface area (Å²) in [5, 5.41) is 0. The molecule has 0 unspecified atom stereocenters. The van der Waals surface area contributed by atoms with Crippen LogP contribution >= 0.6 is 0 Å². The summed E-state index contributed by atoms with van der Waals surface area (Å²) < 4.78 is 11.1. The monoisotopic (exact) mass is 472 g/mol. The molecule has 0 fully saturated rings. The van der Waals surface area contributed by atoms with E-state index in [4.69, 9.17) is 9.47 Å². The predicted octanol–water partition coefficient (Wildman–Crippen LogP) is 8.64. The minimum Gasteiger partial charge on any atom is -0.497 e. The SMILES string of the molecule is COc1cccc(N(c2ccccc2)c2cccc(N(c3ccccc3)c3cccc(OC)c3)c2)c1. The van der Waals surface area contributed by atoms with Crippen LogP contribution in [0.2, 0.25) is 0 Å². The van der Waals surface area contributed by atoms with Crippen LogP contribution in [0.3, 0.4) is 0 Å². The van der Waals surface area contributed by atoms with Crippen LogP contribution in [0.25, 0.3) is 0 Å². The fraction of sp³-hybridized carbons (Fsp3) is 0.0625. The van der Waals surface area contributed by atoms with Gasteiger partial charge in [-0.05, 0) is 66.7 Å². The van der Waals surface area contributed by atoms with Crippen molar-refractivity contribution in [3.8, 4) is 11.5 Å². The average Bonchev–Trinajstić information content (AvgIpc) is 2.95. The van der Waals surface area contributed by atoms with Crippen molar-refractivity contribution in [1.29, 1.82) is 0 Å². The highest BCUT2D eigenvalue weighted by molar-refractivity contribution is 5.83. The molecule has 0 amide bonds. The maximum Gasteiger partial charge on any atom is 0.120 e. The van der Waals surface area contributed by atoms with Crippen molar-refractivity contribution in [2.24, 2.45) is 0 Å². The average molecular weight is 473 g/mol. The van der Waals surface area contributed by atoms with Crippen molar-refractivity contribution >= 4 is 34.1 Å². The number of ether oxygens (including phenoxy) is 2. The van der Waals surface area contributed by atoms with Gasteiger partial charge in [-0.15, -0.1) is 0 Å². The van der Waals surface area contributed by atoms with Gasteiger partial charge in [-0.3, -0.25) is 0 Å². The van der Waals surface area contributed by atoms with Crippen LogP contribution in [0.1, 0.15) is 0 Å². The summed E-state index contributed by atoms with van der Waals surface area (Å²) in [5.74, 6) is 1.62. The molecule has 36 heavy (non-hydrogen) atoms. The van der Waals surface area contributed by atoms with Gasteiger partial charge in [0.1, 0.15) is 11.5 Å². The topological polar surface area (TPSA) is 24.9 Å². The zero-order valence-corrected chi connectivity index (χ0v) is 20.4. The molecule has 4 heteroatoms. The molecule has 0 spiro atoms. The van der Waals surface area contributed by atoms with Gasteiger partial charge in [-0.25, -0.2) is 0 Å². The maximum absolute atomic E-state index is 5.53. The summed E-state index contributed by atoms with van der Waals surface area (Å²) in [4.78, 5) is 4.47. The third-order valence-corrected chi connectivity index (χ3v) is 6.00. The number of para-hydroxylation sites is 2. The van der Waals surface area contributed by atoms with Crippen molar-refractivity contribution in [1.82, 2.24) is 0 Å². The molecule has 0 aliphatic carbocycles. The molecule has 0 radical (unpaired) electrons. The van der Waals surface area contributed by atoms with Crippen LogP contribution in [0.4, 0.5) is 34.1 Å². The van der Waals surface area contributed by atoms with Gasteiger partial charge in [0.05, 0.1) is 14.2 Å². The van der Waals surface area contributed by atoms with Gasteiger partial charge in [-0.1, -0.05) is 54.6 Å². The van der Waals surface area contributed by atoms with Crippen molar-refractivity contribution in [3.05, 3.63) is 133 Å². The summed E-state index contributed by atoms with van der Waals surface area (Å²) >= 11 is 0. The maximum atomic E-state index is 5.53. The predicted molar refractivity (Wildman–Crippen MR) is 149 cm³/mol. The van der Waals surface area contributed by atoms with Gasteiger partial charge in [0, 0.05) is 46.3 Å². The molecule has 0 aliphatic rings. The Balaban J connectivity index is 1.66. The molecule has 5 rings (SSSR count). The minimum atomic E-state index is 0.812. The number of hydrogen-bond acceptors (Lipinski definition) is 4. The molecule has 0 aromatic heterocycles. The first-order valence-corrected chi connectivity index (χ1v) is 11.9. The van der Waals surface area contributed by atoms with Crippen LogP contribution < -0.4 is 19.3 Å². The first-order valence-electron chi connectivity index (χ1n) is 11.9. The Labute approximate surface area is 212 Å². The standard InChI is InChI=1S/C32H28N2O2/c1-35-31-20-10-18-29(23-31)33(25-12-5-3-6-13-25)27-16-9-17-28(22-27)34(26-14-7-4-8-15-26)30-19-11-21-32(24-30)36-2/h3-24H,1-2H3. The van der Waals surface area contributed by atoms with Crippen LogP contribution in [-0.4, -0.2) is 14.2 Å². The lowest BCUT2D eigenvalue weighted by Crippen LogP contribution is -2.13. The smallest absolute Gasteiger partial charge is 0.120 e. The molecule has 4 nitrogen and oxygen atoms in total. The van der Waals surface area contributed by atoms with Gasteiger partial charge in [0.15, 0.2) is 0 Å². The minimum absolute atomic E-state index is 0.812. The molecule has 0 saturated heterocycles. The van der Waals surface area contributed by atoms with E-state index in [0.29, 0.717) is 0 Å². The lowest BCUT2D eigenvalue weighted by molar-refractivity contribution is 0.415. The lowest BCUT2D eigenvalue weighted by atomic mass is 10.1. The number of nitrogens with zero attached hydrogens (tertiary/aromatic N) is 2. The zero-order valence-electron chi connectivity index (χ0n) is 20.4. The highest BCUT2D eigenvalue weighted by atomic mass is 16.5. The second kappa shape index (κ2) is 10.7. The van der Waals surface area contributed by atoms with E-state index < -0.39 is 0 Å². The van der Waals surface area contributed by atoms with Gasteiger partial charge in [0.2, 0.25) is 0 Å². The number of anilines is 6. The number of rotatable bonds is 8. The molecule has 5 aromatic carbocycles. The summed E-state index contributed by atoms with van der Waals surface area (Å²) in [6.07, 6.45) is 0. The second-order valence-electron chi connectivity index (χ2n) is 8.26. The normalized spacial score (nSPS) is 10.5. The van der Waals surface area contributed by atoms with Crippen molar-refractivity contribution < 1.29 is 9.47 Å². The highest BCUT2D eigenvalue weighted by Crippen LogP contribution is 2.41. The van der Waals surface area contributed by atoms with E-state index in [2.05, 4.69) is 107 Å². The van der Waals surface area contributed by atoms with E-state index in [-0.39, 0.29) is 0 Å². The van der Waals surface area contributed by atoms with E-state index in [1.807, 2.05) is 36.4 Å². The van der Waals surface area contributed by atoms with E-state index in [1.165, 1.54) is 0 Å². The van der Waals surface area contributed by atoms with E-state index in [9.17, 15) is 0 Å². The van der Waals surface area contributed by atoms with Gasteiger partial charge in [0.25, 0.3) is 0 Å². The first-order chi connectivity index (χ1) is 17.8. The molecular weight excluding hydrogens is 444 g/mol. The molecule has 0 bridgehead atoms. The molecule has 0 N–H and O–H groups in total. The fourth-order valence-electron chi connectivity index (χ4n) is 4.32. The third kappa shape index (κ3) is 4.89. The Morgan fingerprint density at radius 1 is 0.361 bits per heavy atom. The van der Waals surface area contributed by atoms with Gasteiger partial charge in [-0.2, -0.15) is 0 Å². The Bertz CT molecular complexity index is 1310. The van der Waals surface area contributed by atoms with E-state index in [0.717, 1.165) is 45.6 Å². The fourth-order valence-corrected chi connectivity index (χ4v) is 4.32. The van der Waals surface area contributed by atoms with Gasteiger partial charge < -0.3 is 19.3 Å². The van der Waals surface area contributed by atoms with Crippen LogP contribution in [0.15, 0.2) is 133 Å². The number of hydrogen-bond donors (Lipinski definition) is 0. The third-order valence-electron chi connectivity index (χ3n) is 6.00. The molecule has 0 aliphatic heterocycles. The zero-order chi connectivity index (χ0) is 24.7. The van der Waals surface area contributed by atoms with Crippen LogP contribution in [0, 0.1) is 0 Å². The number of methoxy groups -OCH3 is 2. The Hall–Kier alpha value is -4.70. The van der Waals surface area contributed by atoms with Crippen LogP contribution in [0.5, 0.6) is 11.5 Å². The molecule has 0 heterocycles.